The van der Waals surface area contributed by atoms with Crippen LogP contribution in [-0.4, -0.2) is 7.11 Å². The van der Waals surface area contributed by atoms with Crippen LogP contribution in [0.1, 0.15) is 35.4 Å². The molecule has 92 valence electrons. The monoisotopic (exact) mass is 238 g/mol. The first-order valence-electron chi connectivity index (χ1n) is 6.60. The van der Waals surface area contributed by atoms with Crippen LogP contribution >= 0.6 is 0 Å². The zero-order chi connectivity index (χ0) is 12.4. The Kier molecular flexibility index (Phi) is 3.06. The maximum Gasteiger partial charge on any atom is 0.119 e. The van der Waals surface area contributed by atoms with Crippen molar-refractivity contribution in [2.24, 2.45) is 0 Å². The molecule has 0 amide bonds. The summed E-state index contributed by atoms with van der Waals surface area (Å²) in [5, 5.41) is 0. The second kappa shape index (κ2) is 4.85. The van der Waals surface area contributed by atoms with Crippen LogP contribution in [0.3, 0.4) is 0 Å². The number of benzene rings is 2. The molecule has 0 spiro atoms. The Labute approximate surface area is 108 Å². The van der Waals surface area contributed by atoms with Crippen molar-refractivity contribution >= 4 is 0 Å². The van der Waals surface area contributed by atoms with Crippen LogP contribution in [0, 0.1) is 0 Å². The molecule has 0 aliphatic heterocycles. The molecule has 1 atom stereocenters. The highest BCUT2D eigenvalue weighted by Crippen LogP contribution is 2.38. The van der Waals surface area contributed by atoms with Crippen LogP contribution in [-0.2, 0) is 6.42 Å². The van der Waals surface area contributed by atoms with Crippen molar-refractivity contribution in [2.45, 2.75) is 25.2 Å². The Morgan fingerprint density at radius 3 is 2.67 bits per heavy atom. The van der Waals surface area contributed by atoms with Crippen LogP contribution in [0.4, 0.5) is 0 Å². The molecule has 0 bridgehead atoms. The number of fused-ring (bicyclic) bond motifs is 1. The van der Waals surface area contributed by atoms with Gasteiger partial charge in [0, 0.05) is 5.92 Å². The third-order valence-corrected chi connectivity index (χ3v) is 3.87. The van der Waals surface area contributed by atoms with Gasteiger partial charge in [0.15, 0.2) is 0 Å². The SMILES string of the molecule is COc1ccc2c(c1)C(c1ccccc1)CCC2. The number of hydrogen-bond donors (Lipinski definition) is 0. The molecule has 3 rings (SSSR count). The van der Waals surface area contributed by atoms with Gasteiger partial charge in [0.1, 0.15) is 5.75 Å². The van der Waals surface area contributed by atoms with Crippen LogP contribution in [0.15, 0.2) is 48.5 Å². The molecular formula is C17H18O. The molecule has 1 heteroatoms. The van der Waals surface area contributed by atoms with E-state index in [-0.39, 0.29) is 0 Å². The maximum absolute atomic E-state index is 5.36. The number of ether oxygens (including phenoxy) is 1. The minimum absolute atomic E-state index is 0.532. The van der Waals surface area contributed by atoms with E-state index < -0.39 is 0 Å². The van der Waals surface area contributed by atoms with Gasteiger partial charge < -0.3 is 4.74 Å². The summed E-state index contributed by atoms with van der Waals surface area (Å²) >= 11 is 0. The normalized spacial score (nSPS) is 18.2. The van der Waals surface area contributed by atoms with Gasteiger partial charge in [0.2, 0.25) is 0 Å². The second-order valence-electron chi connectivity index (χ2n) is 4.92. The Morgan fingerprint density at radius 1 is 1.06 bits per heavy atom. The molecule has 2 aromatic rings. The zero-order valence-corrected chi connectivity index (χ0v) is 10.7. The van der Waals surface area contributed by atoms with Crippen molar-refractivity contribution in [1.29, 1.82) is 0 Å². The Hall–Kier alpha value is -1.76. The summed E-state index contributed by atoms with van der Waals surface area (Å²) in [6.07, 6.45) is 3.71. The third-order valence-electron chi connectivity index (χ3n) is 3.87. The van der Waals surface area contributed by atoms with Gasteiger partial charge in [-0.05, 0) is 48.1 Å². The van der Waals surface area contributed by atoms with E-state index in [0.717, 1.165) is 5.75 Å². The first kappa shape index (κ1) is 11.3. The van der Waals surface area contributed by atoms with Gasteiger partial charge in [-0.2, -0.15) is 0 Å². The molecular weight excluding hydrogens is 220 g/mol. The summed E-state index contributed by atoms with van der Waals surface area (Å²) in [5.41, 5.74) is 4.36. The van der Waals surface area contributed by atoms with Crippen molar-refractivity contribution in [3.05, 3.63) is 65.2 Å². The lowest BCUT2D eigenvalue weighted by molar-refractivity contribution is 0.413. The molecule has 0 saturated carbocycles. The first-order chi connectivity index (χ1) is 8.88. The summed E-state index contributed by atoms with van der Waals surface area (Å²) in [6, 6.07) is 17.3. The minimum atomic E-state index is 0.532. The van der Waals surface area contributed by atoms with Crippen LogP contribution in [0.25, 0.3) is 0 Å². The van der Waals surface area contributed by atoms with E-state index in [1.807, 2.05) is 0 Å². The lowest BCUT2D eigenvalue weighted by Gasteiger charge is -2.26. The molecule has 1 aliphatic rings. The quantitative estimate of drug-likeness (QED) is 0.763. The third kappa shape index (κ3) is 2.01. The van der Waals surface area contributed by atoms with Crippen LogP contribution in [0.2, 0.25) is 0 Å². The molecule has 2 aromatic carbocycles. The van der Waals surface area contributed by atoms with Crippen molar-refractivity contribution < 1.29 is 4.74 Å². The summed E-state index contributed by atoms with van der Waals surface area (Å²) in [6.45, 7) is 0. The molecule has 0 fully saturated rings. The number of aryl methyl sites for hydroxylation is 1. The highest BCUT2D eigenvalue weighted by atomic mass is 16.5. The van der Waals surface area contributed by atoms with Gasteiger partial charge in [-0.1, -0.05) is 36.4 Å². The van der Waals surface area contributed by atoms with Crippen molar-refractivity contribution in [3.63, 3.8) is 0 Å². The predicted octanol–water partition coefficient (Wildman–Crippen LogP) is 4.16. The van der Waals surface area contributed by atoms with Crippen molar-refractivity contribution in [3.8, 4) is 5.75 Å². The first-order valence-corrected chi connectivity index (χ1v) is 6.60. The Bertz CT molecular complexity index is 531. The fraction of sp³-hybridized carbons (Fsp3) is 0.294. The van der Waals surface area contributed by atoms with Gasteiger partial charge in [0.05, 0.1) is 7.11 Å². The fourth-order valence-corrected chi connectivity index (χ4v) is 2.94. The molecule has 0 radical (unpaired) electrons. The number of methoxy groups -OCH3 is 1. The van der Waals surface area contributed by atoms with E-state index in [1.165, 1.54) is 36.0 Å². The number of rotatable bonds is 2. The van der Waals surface area contributed by atoms with Gasteiger partial charge in [-0.3, -0.25) is 0 Å². The second-order valence-corrected chi connectivity index (χ2v) is 4.92. The molecule has 0 N–H and O–H groups in total. The lowest BCUT2D eigenvalue weighted by atomic mass is 9.79. The average molecular weight is 238 g/mol. The Morgan fingerprint density at radius 2 is 1.89 bits per heavy atom. The molecule has 0 aromatic heterocycles. The minimum Gasteiger partial charge on any atom is -0.497 e. The predicted molar refractivity (Wildman–Crippen MR) is 74.2 cm³/mol. The zero-order valence-electron chi connectivity index (χ0n) is 10.7. The lowest BCUT2D eigenvalue weighted by Crippen LogP contribution is -2.11. The van der Waals surface area contributed by atoms with Gasteiger partial charge >= 0.3 is 0 Å². The number of hydrogen-bond acceptors (Lipinski definition) is 1. The smallest absolute Gasteiger partial charge is 0.119 e. The van der Waals surface area contributed by atoms with E-state index in [0.29, 0.717) is 5.92 Å². The Balaban J connectivity index is 2.05. The fourth-order valence-electron chi connectivity index (χ4n) is 2.94. The summed E-state index contributed by atoms with van der Waals surface area (Å²) in [7, 11) is 1.74. The molecule has 1 nitrogen and oxygen atoms in total. The van der Waals surface area contributed by atoms with E-state index >= 15 is 0 Å². The van der Waals surface area contributed by atoms with E-state index in [1.54, 1.807) is 7.11 Å². The van der Waals surface area contributed by atoms with Gasteiger partial charge in [0.25, 0.3) is 0 Å². The van der Waals surface area contributed by atoms with Crippen LogP contribution < -0.4 is 4.74 Å². The molecule has 1 aliphatic carbocycles. The molecule has 1 unspecified atom stereocenters. The highest BCUT2D eigenvalue weighted by molar-refractivity contribution is 5.44. The summed E-state index contributed by atoms with van der Waals surface area (Å²) in [4.78, 5) is 0. The summed E-state index contributed by atoms with van der Waals surface area (Å²) < 4.78 is 5.36. The van der Waals surface area contributed by atoms with Gasteiger partial charge in [-0.25, -0.2) is 0 Å². The van der Waals surface area contributed by atoms with Crippen LogP contribution in [0.5, 0.6) is 5.75 Å². The largest absolute Gasteiger partial charge is 0.497 e. The van der Waals surface area contributed by atoms with E-state index in [2.05, 4.69) is 48.5 Å². The topological polar surface area (TPSA) is 9.23 Å². The van der Waals surface area contributed by atoms with Crippen molar-refractivity contribution in [2.75, 3.05) is 7.11 Å². The van der Waals surface area contributed by atoms with Gasteiger partial charge in [-0.15, -0.1) is 0 Å². The maximum atomic E-state index is 5.36. The summed E-state index contributed by atoms with van der Waals surface area (Å²) in [5.74, 6) is 1.50. The molecule has 18 heavy (non-hydrogen) atoms. The van der Waals surface area contributed by atoms with Crippen molar-refractivity contribution in [1.82, 2.24) is 0 Å². The van der Waals surface area contributed by atoms with E-state index in [9.17, 15) is 0 Å². The highest BCUT2D eigenvalue weighted by Gasteiger charge is 2.21. The van der Waals surface area contributed by atoms with E-state index in [4.69, 9.17) is 4.74 Å². The average Bonchev–Trinajstić information content (AvgIpc) is 2.47. The molecule has 0 heterocycles. The standard InChI is InChI=1S/C17H18O/c1-18-15-11-10-14-8-5-9-16(17(14)12-15)13-6-3-2-4-7-13/h2-4,6-7,10-12,16H,5,8-9H2,1H3. The molecule has 0 saturated heterocycles.